The van der Waals surface area contributed by atoms with E-state index in [1.807, 2.05) is 19.1 Å². The maximum Gasteiger partial charge on any atom is 0.261 e. The highest BCUT2D eigenvalue weighted by Gasteiger charge is 2.34. The molecule has 1 atom stereocenters. The number of hydrogen-bond acceptors (Lipinski definition) is 5. The summed E-state index contributed by atoms with van der Waals surface area (Å²) in [5.74, 6) is 0.758. The molecule has 1 saturated heterocycles. The molecule has 6 nitrogen and oxygen atoms in total. The fourth-order valence-electron chi connectivity index (χ4n) is 3.17. The molecule has 2 heterocycles. The lowest BCUT2D eigenvalue weighted by Gasteiger charge is -2.24. The number of hydrogen-bond donors (Lipinski definition) is 1. The van der Waals surface area contributed by atoms with Gasteiger partial charge in [-0.15, -0.1) is 11.3 Å². The molecule has 7 heteroatoms. The molecule has 1 N–H and O–H groups in total. The van der Waals surface area contributed by atoms with Crippen LogP contribution in [0, 0.1) is 6.92 Å². The van der Waals surface area contributed by atoms with Gasteiger partial charge in [0.25, 0.3) is 5.91 Å². The Balaban J connectivity index is 1.61. The number of nitrogens with zero attached hydrogens (tertiary/aromatic N) is 2. The number of thiazole rings is 1. The third-order valence-electron chi connectivity index (χ3n) is 4.77. The van der Waals surface area contributed by atoms with Gasteiger partial charge in [0.05, 0.1) is 0 Å². The van der Waals surface area contributed by atoms with E-state index in [1.54, 1.807) is 16.5 Å². The number of benzene rings is 1. The van der Waals surface area contributed by atoms with Crippen LogP contribution in [0.15, 0.2) is 29.8 Å². The van der Waals surface area contributed by atoms with Gasteiger partial charge in [0.2, 0.25) is 5.91 Å². The van der Waals surface area contributed by atoms with E-state index in [4.69, 9.17) is 4.74 Å². The summed E-state index contributed by atoms with van der Waals surface area (Å²) < 4.78 is 5.80. The van der Waals surface area contributed by atoms with Gasteiger partial charge < -0.3 is 15.0 Å². The van der Waals surface area contributed by atoms with Crippen LogP contribution in [0.1, 0.15) is 43.7 Å². The Bertz CT molecular complexity index is 805. The zero-order valence-corrected chi connectivity index (χ0v) is 16.7. The minimum Gasteiger partial charge on any atom is -0.483 e. The Labute approximate surface area is 163 Å². The summed E-state index contributed by atoms with van der Waals surface area (Å²) in [6.45, 7) is 6.71. The summed E-state index contributed by atoms with van der Waals surface area (Å²) in [4.78, 5) is 30.8. The normalized spacial score (nSPS) is 16.6. The first-order valence-electron chi connectivity index (χ1n) is 9.19. The van der Waals surface area contributed by atoms with Crippen LogP contribution in [-0.2, 0) is 9.59 Å². The van der Waals surface area contributed by atoms with Gasteiger partial charge in [-0.2, -0.15) is 0 Å². The number of ether oxygens (including phenoxy) is 1. The number of anilines is 1. The van der Waals surface area contributed by atoms with E-state index in [9.17, 15) is 9.59 Å². The number of carbonyl (C=O) groups is 2. The van der Waals surface area contributed by atoms with Crippen molar-refractivity contribution in [3.63, 3.8) is 0 Å². The lowest BCUT2D eigenvalue weighted by atomic mass is 10.0. The van der Waals surface area contributed by atoms with Crippen molar-refractivity contribution >= 4 is 28.3 Å². The first-order chi connectivity index (χ1) is 13.0. The smallest absolute Gasteiger partial charge is 0.261 e. The van der Waals surface area contributed by atoms with E-state index >= 15 is 0 Å². The highest BCUT2D eigenvalue weighted by Crippen LogP contribution is 2.25. The number of carbonyl (C=O) groups excluding carboxylic acids is 2. The lowest BCUT2D eigenvalue weighted by Crippen LogP contribution is -2.45. The van der Waals surface area contributed by atoms with E-state index in [2.05, 4.69) is 30.2 Å². The molecule has 0 spiro atoms. The molecule has 1 aromatic carbocycles. The van der Waals surface area contributed by atoms with Gasteiger partial charge in [-0.1, -0.05) is 26.0 Å². The van der Waals surface area contributed by atoms with E-state index < -0.39 is 6.04 Å². The molecule has 3 rings (SSSR count). The molecule has 1 unspecified atom stereocenters. The Hall–Kier alpha value is -2.41. The average molecular weight is 388 g/mol. The maximum atomic E-state index is 12.7. The zero-order chi connectivity index (χ0) is 19.4. The summed E-state index contributed by atoms with van der Waals surface area (Å²) in [6.07, 6.45) is 3.10. The van der Waals surface area contributed by atoms with Crippen LogP contribution in [-0.4, -0.2) is 40.9 Å². The fraction of sp³-hybridized carbons (Fsp3) is 0.450. The third kappa shape index (κ3) is 4.66. The largest absolute Gasteiger partial charge is 0.483 e. The Morgan fingerprint density at radius 2 is 2.22 bits per heavy atom. The Kier molecular flexibility index (Phi) is 6.11. The SMILES string of the molecule is Cc1ccc(C(C)C)cc1OCC(=O)N1CCCC1C(=O)Nc1nccs1. The molecule has 0 saturated carbocycles. The van der Waals surface area contributed by atoms with Crippen molar-refractivity contribution in [2.45, 2.75) is 45.6 Å². The summed E-state index contributed by atoms with van der Waals surface area (Å²) in [5.41, 5.74) is 2.16. The van der Waals surface area contributed by atoms with Gasteiger partial charge in [-0.05, 0) is 42.9 Å². The van der Waals surface area contributed by atoms with Crippen LogP contribution in [0.3, 0.4) is 0 Å². The van der Waals surface area contributed by atoms with E-state index in [0.29, 0.717) is 24.0 Å². The molecule has 1 aliphatic heterocycles. The van der Waals surface area contributed by atoms with Crippen LogP contribution >= 0.6 is 11.3 Å². The molecule has 1 aliphatic rings. The molecular weight excluding hydrogens is 362 g/mol. The molecular formula is C20H25N3O3S. The van der Waals surface area contributed by atoms with Crippen molar-refractivity contribution < 1.29 is 14.3 Å². The molecule has 144 valence electrons. The van der Waals surface area contributed by atoms with Crippen molar-refractivity contribution in [1.29, 1.82) is 0 Å². The van der Waals surface area contributed by atoms with Gasteiger partial charge in [-0.25, -0.2) is 4.98 Å². The topological polar surface area (TPSA) is 71.5 Å². The maximum absolute atomic E-state index is 12.7. The molecule has 2 aromatic rings. The van der Waals surface area contributed by atoms with Gasteiger partial charge in [0.1, 0.15) is 11.8 Å². The van der Waals surface area contributed by atoms with Gasteiger partial charge in [0, 0.05) is 18.1 Å². The standard InChI is InChI=1S/C20H25N3O3S/c1-13(2)15-7-6-14(3)17(11-15)26-12-18(24)23-9-4-5-16(23)19(25)22-20-21-8-10-27-20/h6-8,10-11,13,16H,4-5,9,12H2,1-3H3,(H,21,22,25). The van der Waals surface area contributed by atoms with Crippen molar-refractivity contribution in [3.8, 4) is 5.75 Å². The summed E-state index contributed by atoms with van der Waals surface area (Å²) in [5, 5.41) is 5.14. The van der Waals surface area contributed by atoms with Crippen LogP contribution < -0.4 is 10.1 Å². The Morgan fingerprint density at radius 1 is 1.41 bits per heavy atom. The van der Waals surface area contributed by atoms with Gasteiger partial charge >= 0.3 is 0 Å². The molecule has 27 heavy (non-hydrogen) atoms. The highest BCUT2D eigenvalue weighted by molar-refractivity contribution is 7.13. The minimum atomic E-state index is -0.465. The van der Waals surface area contributed by atoms with Gasteiger partial charge in [-0.3, -0.25) is 9.59 Å². The Morgan fingerprint density at radius 3 is 2.93 bits per heavy atom. The number of aryl methyl sites for hydroxylation is 1. The van der Waals surface area contributed by atoms with E-state index in [0.717, 1.165) is 17.7 Å². The number of aromatic nitrogens is 1. The van der Waals surface area contributed by atoms with Crippen LogP contribution in [0.2, 0.25) is 0 Å². The summed E-state index contributed by atoms with van der Waals surface area (Å²) >= 11 is 1.36. The van der Waals surface area contributed by atoms with Crippen molar-refractivity contribution in [3.05, 3.63) is 40.9 Å². The van der Waals surface area contributed by atoms with Crippen molar-refractivity contribution in [2.75, 3.05) is 18.5 Å². The molecule has 1 fully saturated rings. The quantitative estimate of drug-likeness (QED) is 0.822. The minimum absolute atomic E-state index is 0.0661. The molecule has 0 aliphatic carbocycles. The highest BCUT2D eigenvalue weighted by atomic mass is 32.1. The lowest BCUT2D eigenvalue weighted by molar-refractivity contribution is -0.138. The first-order valence-corrected chi connectivity index (χ1v) is 10.1. The zero-order valence-electron chi connectivity index (χ0n) is 15.9. The van der Waals surface area contributed by atoms with Crippen LogP contribution in [0.25, 0.3) is 0 Å². The predicted molar refractivity (Wildman–Crippen MR) is 106 cm³/mol. The number of amides is 2. The van der Waals surface area contributed by atoms with Crippen molar-refractivity contribution in [1.82, 2.24) is 9.88 Å². The van der Waals surface area contributed by atoms with Crippen molar-refractivity contribution in [2.24, 2.45) is 0 Å². The van der Waals surface area contributed by atoms with Gasteiger partial charge in [0.15, 0.2) is 11.7 Å². The number of likely N-dealkylation sites (tertiary alicyclic amines) is 1. The van der Waals surface area contributed by atoms with E-state index in [1.165, 1.54) is 16.9 Å². The van der Waals surface area contributed by atoms with E-state index in [-0.39, 0.29) is 18.4 Å². The predicted octanol–water partition coefficient (Wildman–Crippen LogP) is 3.58. The number of rotatable bonds is 6. The monoisotopic (exact) mass is 387 g/mol. The first kappa shape index (κ1) is 19.4. The second kappa shape index (κ2) is 8.52. The van der Waals surface area contributed by atoms with Crippen LogP contribution in [0.5, 0.6) is 5.75 Å². The molecule has 0 bridgehead atoms. The molecule has 0 radical (unpaired) electrons. The van der Waals surface area contributed by atoms with Crippen LogP contribution in [0.4, 0.5) is 5.13 Å². The fourth-order valence-corrected chi connectivity index (χ4v) is 3.70. The second-order valence-electron chi connectivity index (χ2n) is 7.04. The summed E-state index contributed by atoms with van der Waals surface area (Å²) in [6, 6.07) is 5.61. The second-order valence-corrected chi connectivity index (χ2v) is 7.93. The molecule has 2 amide bonds. The third-order valence-corrected chi connectivity index (χ3v) is 5.46. The average Bonchev–Trinajstić information content (AvgIpc) is 3.32. The summed E-state index contributed by atoms with van der Waals surface area (Å²) in [7, 11) is 0. The number of nitrogens with one attached hydrogen (secondary N) is 1. The molecule has 1 aromatic heterocycles.